The first-order valence-electron chi connectivity index (χ1n) is 9.31. The maximum Gasteiger partial charge on any atom is 0.325 e. The van der Waals surface area contributed by atoms with Gasteiger partial charge in [0.2, 0.25) is 0 Å². The highest BCUT2D eigenvalue weighted by atomic mass is 32.1. The van der Waals surface area contributed by atoms with Crippen LogP contribution in [0, 0.1) is 5.82 Å². The Morgan fingerprint density at radius 1 is 1.07 bits per heavy atom. The lowest BCUT2D eigenvalue weighted by atomic mass is 10.2. The smallest absolute Gasteiger partial charge is 0.325 e. The second-order valence-corrected chi connectivity index (χ2v) is 7.11. The highest BCUT2D eigenvalue weighted by molar-refractivity contribution is 7.16. The molecule has 2 aromatic carbocycles. The molecule has 158 valence electrons. The van der Waals surface area contributed by atoms with Gasteiger partial charge >= 0.3 is 5.97 Å². The number of nitrogens with zero attached hydrogens (tertiary/aromatic N) is 2. The van der Waals surface area contributed by atoms with Crippen LogP contribution in [0.5, 0.6) is 11.5 Å². The predicted octanol–water partition coefficient (Wildman–Crippen LogP) is 3.55. The molecule has 0 atom stereocenters. The number of hydrogen-bond donors (Lipinski definition) is 0. The van der Waals surface area contributed by atoms with E-state index in [1.807, 2.05) is 13.8 Å². The first kappa shape index (κ1) is 21.5. The van der Waals surface area contributed by atoms with Crippen molar-refractivity contribution >= 4 is 33.4 Å². The summed E-state index contributed by atoms with van der Waals surface area (Å²) < 4.78 is 31.5. The van der Waals surface area contributed by atoms with E-state index in [0.717, 1.165) is 11.3 Å². The number of methoxy groups -OCH3 is 1. The van der Waals surface area contributed by atoms with Crippen molar-refractivity contribution in [2.75, 3.05) is 20.3 Å². The molecule has 7 nitrogen and oxygen atoms in total. The van der Waals surface area contributed by atoms with Gasteiger partial charge in [0.25, 0.3) is 5.91 Å². The summed E-state index contributed by atoms with van der Waals surface area (Å²) in [5.41, 5.74) is 0.884. The molecule has 3 rings (SSSR count). The minimum absolute atomic E-state index is 0.151. The van der Waals surface area contributed by atoms with Gasteiger partial charge in [0.05, 0.1) is 30.5 Å². The van der Waals surface area contributed by atoms with E-state index in [4.69, 9.17) is 14.2 Å². The summed E-state index contributed by atoms with van der Waals surface area (Å²) in [6, 6.07) is 8.98. The molecule has 0 aliphatic rings. The lowest BCUT2D eigenvalue weighted by molar-refractivity contribution is -0.141. The second-order valence-electron chi connectivity index (χ2n) is 6.10. The highest BCUT2D eigenvalue weighted by Crippen LogP contribution is 2.29. The minimum atomic E-state index is -0.523. The van der Waals surface area contributed by atoms with Crippen LogP contribution in [0.25, 0.3) is 10.2 Å². The van der Waals surface area contributed by atoms with Gasteiger partial charge in [-0.1, -0.05) is 11.3 Å². The number of esters is 1. The van der Waals surface area contributed by atoms with Crippen molar-refractivity contribution in [3.05, 3.63) is 52.6 Å². The van der Waals surface area contributed by atoms with Crippen molar-refractivity contribution < 1.29 is 28.2 Å². The number of carbonyl (C=O) groups is 2. The van der Waals surface area contributed by atoms with Crippen LogP contribution in [-0.4, -0.2) is 36.8 Å². The summed E-state index contributed by atoms with van der Waals surface area (Å²) in [6.45, 7) is 4.41. The lowest BCUT2D eigenvalue weighted by Gasteiger charge is -2.11. The van der Waals surface area contributed by atoms with Gasteiger partial charge in [0.1, 0.15) is 12.4 Å². The number of hydrogen-bond acceptors (Lipinski definition) is 6. The van der Waals surface area contributed by atoms with Gasteiger partial charge in [-0.05, 0) is 50.2 Å². The monoisotopic (exact) mass is 432 g/mol. The van der Waals surface area contributed by atoms with Gasteiger partial charge in [0.15, 0.2) is 16.3 Å². The van der Waals surface area contributed by atoms with E-state index in [-0.39, 0.29) is 11.3 Å². The summed E-state index contributed by atoms with van der Waals surface area (Å²) in [7, 11) is 1.27. The zero-order valence-corrected chi connectivity index (χ0v) is 17.6. The van der Waals surface area contributed by atoms with Gasteiger partial charge in [-0.2, -0.15) is 4.99 Å². The van der Waals surface area contributed by atoms with Crippen molar-refractivity contribution in [2.45, 2.75) is 20.4 Å². The number of fused-ring (bicyclic) bond motifs is 1. The average Bonchev–Trinajstić information content (AvgIpc) is 3.05. The molecule has 3 aromatic rings. The highest BCUT2D eigenvalue weighted by Gasteiger charge is 2.15. The van der Waals surface area contributed by atoms with Crippen LogP contribution < -0.4 is 14.3 Å². The normalized spacial score (nSPS) is 11.5. The standard InChI is InChI=1S/C21H21FN2O5S/c1-4-28-16-9-6-13(10-17(16)29-5-2)20(26)23-21-24(12-19(25)27-3)15-8-7-14(22)11-18(15)30-21/h6-11H,4-5,12H2,1-3H3. The molecular weight excluding hydrogens is 411 g/mol. The largest absolute Gasteiger partial charge is 0.490 e. The van der Waals surface area contributed by atoms with Gasteiger partial charge < -0.3 is 18.8 Å². The summed E-state index contributed by atoms with van der Waals surface area (Å²) in [4.78, 5) is 29.1. The van der Waals surface area contributed by atoms with Crippen LogP contribution in [0.4, 0.5) is 4.39 Å². The van der Waals surface area contributed by atoms with Crippen molar-refractivity contribution in [1.29, 1.82) is 0 Å². The zero-order chi connectivity index (χ0) is 21.7. The zero-order valence-electron chi connectivity index (χ0n) is 16.8. The van der Waals surface area contributed by atoms with E-state index < -0.39 is 17.7 Å². The molecule has 0 spiro atoms. The third-order valence-electron chi connectivity index (χ3n) is 4.15. The fourth-order valence-corrected chi connectivity index (χ4v) is 3.87. The molecule has 0 unspecified atom stereocenters. The molecule has 1 aromatic heterocycles. The van der Waals surface area contributed by atoms with Gasteiger partial charge in [-0.3, -0.25) is 9.59 Å². The van der Waals surface area contributed by atoms with Crippen molar-refractivity contribution in [1.82, 2.24) is 4.57 Å². The number of amides is 1. The average molecular weight is 432 g/mol. The Hall–Kier alpha value is -3.20. The fraction of sp³-hybridized carbons (Fsp3) is 0.286. The summed E-state index contributed by atoms with van der Waals surface area (Å²) in [5.74, 6) is -0.466. The maximum atomic E-state index is 13.6. The Morgan fingerprint density at radius 3 is 2.50 bits per heavy atom. The minimum Gasteiger partial charge on any atom is -0.490 e. The molecule has 0 saturated heterocycles. The van der Waals surface area contributed by atoms with Crippen LogP contribution in [-0.2, 0) is 16.1 Å². The second kappa shape index (κ2) is 9.53. The van der Waals surface area contributed by atoms with E-state index in [0.29, 0.717) is 40.5 Å². The molecule has 0 radical (unpaired) electrons. The van der Waals surface area contributed by atoms with Crippen molar-refractivity contribution in [3.63, 3.8) is 0 Å². The Morgan fingerprint density at radius 2 is 1.80 bits per heavy atom. The van der Waals surface area contributed by atoms with Crippen molar-refractivity contribution in [2.24, 2.45) is 4.99 Å². The van der Waals surface area contributed by atoms with Crippen LogP contribution in [0.2, 0.25) is 0 Å². The molecule has 1 heterocycles. The molecule has 0 aliphatic heterocycles. The number of ether oxygens (including phenoxy) is 3. The van der Waals surface area contributed by atoms with Gasteiger partial charge in [-0.25, -0.2) is 4.39 Å². The van der Waals surface area contributed by atoms with Crippen molar-refractivity contribution in [3.8, 4) is 11.5 Å². The first-order valence-corrected chi connectivity index (χ1v) is 10.1. The Balaban J connectivity index is 2.07. The topological polar surface area (TPSA) is 79.1 Å². The van der Waals surface area contributed by atoms with E-state index in [1.165, 1.54) is 29.9 Å². The first-order chi connectivity index (χ1) is 14.5. The number of halogens is 1. The SMILES string of the molecule is CCOc1ccc(C(=O)N=c2sc3cc(F)ccc3n2CC(=O)OC)cc1OCC. The summed E-state index contributed by atoms with van der Waals surface area (Å²) in [5, 5.41) is 0. The quantitative estimate of drug-likeness (QED) is 0.534. The Bertz CT molecular complexity index is 1150. The molecule has 30 heavy (non-hydrogen) atoms. The third-order valence-corrected chi connectivity index (χ3v) is 5.19. The molecule has 0 fully saturated rings. The number of benzene rings is 2. The molecular formula is C21H21FN2O5S. The Kier molecular flexibility index (Phi) is 6.83. The lowest BCUT2D eigenvalue weighted by Crippen LogP contribution is -2.22. The molecule has 9 heteroatoms. The third kappa shape index (κ3) is 4.68. The molecule has 1 amide bonds. The predicted molar refractivity (Wildman–Crippen MR) is 110 cm³/mol. The molecule has 0 N–H and O–H groups in total. The van der Waals surface area contributed by atoms with Gasteiger partial charge in [0, 0.05) is 5.56 Å². The summed E-state index contributed by atoms with van der Waals surface area (Å²) in [6.07, 6.45) is 0. The number of aromatic nitrogens is 1. The molecule has 0 saturated carbocycles. The molecule has 0 aliphatic carbocycles. The number of thiazole rings is 1. The number of rotatable bonds is 7. The van der Waals surface area contributed by atoms with Crippen LogP contribution in [0.15, 0.2) is 41.4 Å². The van der Waals surface area contributed by atoms with E-state index in [1.54, 1.807) is 18.2 Å². The maximum absolute atomic E-state index is 13.6. The van der Waals surface area contributed by atoms with E-state index in [9.17, 15) is 14.0 Å². The number of carbonyl (C=O) groups excluding carboxylic acids is 2. The van der Waals surface area contributed by atoms with E-state index in [2.05, 4.69) is 4.99 Å². The van der Waals surface area contributed by atoms with Gasteiger partial charge in [-0.15, -0.1) is 0 Å². The Labute approximate surface area is 176 Å². The summed E-state index contributed by atoms with van der Waals surface area (Å²) >= 11 is 1.11. The van der Waals surface area contributed by atoms with Crippen LogP contribution >= 0.6 is 11.3 Å². The van der Waals surface area contributed by atoms with Crippen LogP contribution in [0.3, 0.4) is 0 Å². The fourth-order valence-electron chi connectivity index (χ4n) is 2.81. The van der Waals surface area contributed by atoms with E-state index >= 15 is 0 Å². The van der Waals surface area contributed by atoms with Crippen LogP contribution in [0.1, 0.15) is 24.2 Å². The molecule has 0 bridgehead atoms.